The molecule has 6 nitrogen and oxygen atoms in total. The molecule has 0 fully saturated rings. The number of aliphatic hydroxyl groups is 1. The average molecular weight is 370 g/mol. The maximum Gasteiger partial charge on any atom is 0.230 e. The number of allylic oxidation sites excluding steroid dienone is 2. The molecule has 0 radical (unpaired) electrons. The van der Waals surface area contributed by atoms with Crippen LogP contribution in [0.1, 0.15) is 30.1 Å². The maximum absolute atomic E-state index is 11.4. The van der Waals surface area contributed by atoms with E-state index in [9.17, 15) is 5.11 Å². The Morgan fingerprint density at radius 2 is 2.04 bits per heavy atom. The molecule has 3 heterocycles. The van der Waals surface area contributed by atoms with E-state index in [0.717, 1.165) is 53.6 Å². The maximum atomic E-state index is 11.4. The molecule has 3 aliphatic heterocycles. The Balaban J connectivity index is 1.68. The third-order valence-electron chi connectivity index (χ3n) is 6.26. The van der Waals surface area contributed by atoms with Gasteiger partial charge in [-0.15, -0.1) is 0 Å². The highest BCUT2D eigenvalue weighted by Gasteiger charge is 2.48. The molecule has 0 saturated heterocycles. The second-order valence-corrected chi connectivity index (χ2v) is 7.70. The molecule has 6 heteroatoms. The molecular weight excluding hydrogens is 346 g/mol. The minimum Gasteiger partial charge on any atom is -0.493 e. The quantitative estimate of drug-likeness (QED) is 0.812. The Morgan fingerprint density at radius 3 is 2.81 bits per heavy atom. The zero-order chi connectivity index (χ0) is 18.8. The summed E-state index contributed by atoms with van der Waals surface area (Å²) in [5, 5.41) is 11.4. The van der Waals surface area contributed by atoms with Gasteiger partial charge in [0.05, 0.1) is 33.4 Å². The molecule has 0 unspecified atom stereocenters. The zero-order valence-electron chi connectivity index (χ0n) is 15.9. The van der Waals surface area contributed by atoms with Crippen molar-refractivity contribution in [2.24, 2.45) is 0 Å². The van der Waals surface area contributed by atoms with Crippen molar-refractivity contribution in [3.05, 3.63) is 57.7 Å². The van der Waals surface area contributed by atoms with Crippen molar-refractivity contribution in [2.75, 3.05) is 34.6 Å². The number of fused-ring (bicyclic) bond motifs is 3. The first-order chi connectivity index (χ1) is 13.1. The Morgan fingerprint density at radius 1 is 1.19 bits per heavy atom. The van der Waals surface area contributed by atoms with Crippen LogP contribution in [-0.2, 0) is 16.0 Å². The Kier molecular flexibility index (Phi) is 3.58. The normalized spacial score (nSPS) is 28.3. The van der Waals surface area contributed by atoms with Crippen molar-refractivity contribution < 1.29 is 28.5 Å². The van der Waals surface area contributed by atoms with E-state index in [1.165, 1.54) is 11.1 Å². The summed E-state index contributed by atoms with van der Waals surface area (Å²) in [7, 11) is 5.49. The highest BCUT2D eigenvalue weighted by molar-refractivity contribution is 5.55. The molecule has 1 aromatic carbocycles. The fourth-order valence-corrected chi connectivity index (χ4v) is 4.93. The first kappa shape index (κ1) is 16.7. The lowest BCUT2D eigenvalue weighted by molar-refractivity contribution is -0.894. The van der Waals surface area contributed by atoms with E-state index < -0.39 is 6.10 Å². The SMILES string of the molecule is COc1ccc2c(c1OC)C[N@+]1(C)CCC3=CC4=C(CC3=C1[C@H]2O)OCO4. The van der Waals surface area contributed by atoms with Crippen molar-refractivity contribution in [3.8, 4) is 11.5 Å². The number of aliphatic hydroxyl groups excluding tert-OH is 1. The molecule has 0 aromatic heterocycles. The molecule has 1 aliphatic carbocycles. The first-order valence-corrected chi connectivity index (χ1v) is 9.25. The van der Waals surface area contributed by atoms with E-state index in [-0.39, 0.29) is 6.79 Å². The minimum absolute atomic E-state index is 0.283. The molecule has 2 atom stereocenters. The highest BCUT2D eigenvalue weighted by atomic mass is 16.7. The molecule has 4 aliphatic rings. The van der Waals surface area contributed by atoms with Crippen LogP contribution in [0.2, 0.25) is 0 Å². The van der Waals surface area contributed by atoms with Gasteiger partial charge >= 0.3 is 0 Å². The molecule has 27 heavy (non-hydrogen) atoms. The van der Waals surface area contributed by atoms with Crippen LogP contribution in [0.4, 0.5) is 0 Å². The summed E-state index contributed by atoms with van der Waals surface area (Å²) in [5.41, 5.74) is 5.44. The van der Waals surface area contributed by atoms with Gasteiger partial charge in [0.15, 0.2) is 23.4 Å². The smallest absolute Gasteiger partial charge is 0.230 e. The Hall–Kier alpha value is -2.44. The summed E-state index contributed by atoms with van der Waals surface area (Å²) < 4.78 is 23.0. The first-order valence-electron chi connectivity index (χ1n) is 9.25. The van der Waals surface area contributed by atoms with Crippen LogP contribution in [0, 0.1) is 0 Å². The number of hydrogen-bond donors (Lipinski definition) is 1. The van der Waals surface area contributed by atoms with Gasteiger partial charge in [0.2, 0.25) is 6.79 Å². The lowest BCUT2D eigenvalue weighted by atomic mass is 9.80. The zero-order valence-corrected chi connectivity index (χ0v) is 15.9. The monoisotopic (exact) mass is 370 g/mol. The number of hydrogen-bond acceptors (Lipinski definition) is 5. The summed E-state index contributed by atoms with van der Waals surface area (Å²) >= 11 is 0. The van der Waals surface area contributed by atoms with Crippen LogP contribution >= 0.6 is 0 Å². The number of quaternary nitrogens is 1. The van der Waals surface area contributed by atoms with E-state index in [4.69, 9.17) is 18.9 Å². The molecule has 0 bridgehead atoms. The minimum atomic E-state index is -0.679. The van der Waals surface area contributed by atoms with Crippen LogP contribution in [0.15, 0.2) is 46.6 Å². The predicted octanol–water partition coefficient (Wildman–Crippen LogP) is 2.90. The van der Waals surface area contributed by atoms with Crippen LogP contribution in [0.5, 0.6) is 11.5 Å². The van der Waals surface area contributed by atoms with E-state index >= 15 is 0 Å². The Labute approximate surface area is 158 Å². The van der Waals surface area contributed by atoms with Crippen molar-refractivity contribution in [2.45, 2.75) is 25.5 Å². The summed E-state index contributed by atoms with van der Waals surface area (Å²) in [6, 6.07) is 3.83. The standard InChI is InChI=1S/C21H24NO5/c1-22-7-6-12-8-17-18(27-11-26-17)9-14(12)19(22)20(23)13-4-5-16(24-2)21(25-3)15(13)10-22/h4-5,8,20,23H,6-7,9-11H2,1-3H3/q+1/t20-,22-/m0/s1. The number of nitrogens with zero attached hydrogens (tertiary/aromatic N) is 1. The predicted molar refractivity (Wildman–Crippen MR) is 97.7 cm³/mol. The van der Waals surface area contributed by atoms with E-state index in [1.54, 1.807) is 14.2 Å². The van der Waals surface area contributed by atoms with Gasteiger partial charge in [0.25, 0.3) is 0 Å². The fraction of sp³-hybridized carbons (Fsp3) is 0.429. The van der Waals surface area contributed by atoms with Gasteiger partial charge in [-0.05, 0) is 17.7 Å². The van der Waals surface area contributed by atoms with Crippen molar-refractivity contribution in [1.82, 2.24) is 0 Å². The largest absolute Gasteiger partial charge is 0.493 e. The summed E-state index contributed by atoms with van der Waals surface area (Å²) in [6.45, 7) is 1.97. The Bertz CT molecular complexity index is 929. The second-order valence-electron chi connectivity index (χ2n) is 7.70. The molecule has 0 spiro atoms. The summed E-state index contributed by atoms with van der Waals surface area (Å²) in [5.74, 6) is 3.15. The van der Waals surface area contributed by atoms with Crippen LogP contribution in [0.3, 0.4) is 0 Å². The average Bonchev–Trinajstić information content (AvgIpc) is 3.12. The summed E-state index contributed by atoms with van der Waals surface area (Å²) in [4.78, 5) is 0. The fourth-order valence-electron chi connectivity index (χ4n) is 4.93. The molecule has 0 saturated carbocycles. The third-order valence-corrected chi connectivity index (χ3v) is 6.26. The lowest BCUT2D eigenvalue weighted by Crippen LogP contribution is -2.51. The number of methoxy groups -OCH3 is 2. The number of likely N-dealkylation sites (N-methyl/N-ethyl adjacent to an activating group) is 1. The van der Waals surface area contributed by atoms with Gasteiger partial charge in [0, 0.05) is 24.0 Å². The second kappa shape index (κ2) is 5.78. The van der Waals surface area contributed by atoms with Crippen molar-refractivity contribution >= 4 is 0 Å². The van der Waals surface area contributed by atoms with Crippen LogP contribution in [-0.4, -0.2) is 44.2 Å². The number of rotatable bonds is 2. The van der Waals surface area contributed by atoms with Gasteiger partial charge in [0.1, 0.15) is 18.0 Å². The molecule has 1 aromatic rings. The van der Waals surface area contributed by atoms with Gasteiger partial charge in [-0.2, -0.15) is 0 Å². The number of benzene rings is 1. The van der Waals surface area contributed by atoms with E-state index in [1.807, 2.05) is 12.1 Å². The topological polar surface area (TPSA) is 57.2 Å². The van der Waals surface area contributed by atoms with Crippen LogP contribution < -0.4 is 9.47 Å². The molecule has 0 amide bonds. The molecule has 5 rings (SSSR count). The number of ether oxygens (including phenoxy) is 4. The van der Waals surface area contributed by atoms with E-state index in [0.29, 0.717) is 16.7 Å². The van der Waals surface area contributed by atoms with Crippen LogP contribution in [0.25, 0.3) is 0 Å². The van der Waals surface area contributed by atoms with Gasteiger partial charge < -0.3 is 24.1 Å². The van der Waals surface area contributed by atoms with Crippen molar-refractivity contribution in [1.29, 1.82) is 0 Å². The lowest BCUT2D eigenvalue weighted by Gasteiger charge is -2.47. The highest BCUT2D eigenvalue weighted by Crippen LogP contribution is 2.51. The van der Waals surface area contributed by atoms with Gasteiger partial charge in [-0.1, -0.05) is 6.07 Å². The van der Waals surface area contributed by atoms with E-state index in [2.05, 4.69) is 13.1 Å². The molecule has 142 valence electrons. The van der Waals surface area contributed by atoms with Gasteiger partial charge in [-0.25, -0.2) is 0 Å². The van der Waals surface area contributed by atoms with Gasteiger partial charge in [-0.3, -0.25) is 4.48 Å². The molecular formula is C21H24NO5+. The van der Waals surface area contributed by atoms with Crippen molar-refractivity contribution in [3.63, 3.8) is 0 Å². The molecule has 1 N–H and O–H groups in total. The third kappa shape index (κ3) is 2.26. The summed E-state index contributed by atoms with van der Waals surface area (Å²) in [6.07, 6.45) is 3.05.